The van der Waals surface area contributed by atoms with Crippen molar-refractivity contribution >= 4 is 58.2 Å². The number of hydrogen-bond acceptors (Lipinski definition) is 3. The van der Waals surface area contributed by atoms with Gasteiger partial charge in [-0.2, -0.15) is 0 Å². The van der Waals surface area contributed by atoms with Crippen molar-refractivity contribution in [2.75, 3.05) is 11.9 Å². The summed E-state index contributed by atoms with van der Waals surface area (Å²) < 4.78 is 0. The minimum Gasteiger partial charge on any atom is -0.323 e. The standard InChI is InChI=1S/C16H9Cl3N2O3/c17-8-4-5-10(18)12(6-8)20-13(22)7-21-15(23)9-2-1-3-11(19)14(9)16(21)24/h1-6H,7H2,(H,20,22). The normalized spacial score (nSPS) is 13.2. The summed E-state index contributed by atoms with van der Waals surface area (Å²) in [6.07, 6.45) is 0. The maximum atomic E-state index is 12.3. The van der Waals surface area contributed by atoms with Crippen molar-refractivity contribution in [3.63, 3.8) is 0 Å². The predicted octanol–water partition coefficient (Wildman–Crippen LogP) is 3.88. The van der Waals surface area contributed by atoms with Crippen LogP contribution in [0.2, 0.25) is 15.1 Å². The molecule has 1 aliphatic rings. The number of halogens is 3. The molecule has 0 saturated heterocycles. The first-order chi connectivity index (χ1) is 11.4. The third-order valence-electron chi connectivity index (χ3n) is 3.45. The van der Waals surface area contributed by atoms with Crippen LogP contribution < -0.4 is 5.32 Å². The Labute approximate surface area is 152 Å². The van der Waals surface area contributed by atoms with E-state index in [4.69, 9.17) is 34.8 Å². The van der Waals surface area contributed by atoms with Gasteiger partial charge in [-0.3, -0.25) is 19.3 Å². The quantitative estimate of drug-likeness (QED) is 0.818. The van der Waals surface area contributed by atoms with Gasteiger partial charge in [-0.25, -0.2) is 0 Å². The lowest BCUT2D eigenvalue weighted by Crippen LogP contribution is -2.37. The summed E-state index contributed by atoms with van der Waals surface area (Å²) in [5.74, 6) is -1.75. The molecule has 1 heterocycles. The van der Waals surface area contributed by atoms with E-state index in [1.807, 2.05) is 0 Å². The molecule has 0 spiro atoms. The van der Waals surface area contributed by atoms with Crippen molar-refractivity contribution in [1.29, 1.82) is 0 Å². The van der Waals surface area contributed by atoms with Crippen molar-refractivity contribution in [3.05, 3.63) is 62.6 Å². The minimum atomic E-state index is -0.604. The van der Waals surface area contributed by atoms with Crippen LogP contribution in [0.25, 0.3) is 0 Å². The fourth-order valence-electron chi connectivity index (χ4n) is 2.36. The van der Waals surface area contributed by atoms with Gasteiger partial charge in [-0.1, -0.05) is 40.9 Å². The Hall–Kier alpha value is -2.08. The van der Waals surface area contributed by atoms with Crippen LogP contribution in [0.15, 0.2) is 36.4 Å². The van der Waals surface area contributed by atoms with Crippen LogP contribution in [0, 0.1) is 0 Å². The van der Waals surface area contributed by atoms with E-state index in [0.717, 1.165) is 4.90 Å². The molecule has 1 N–H and O–H groups in total. The van der Waals surface area contributed by atoms with Gasteiger partial charge < -0.3 is 5.32 Å². The number of rotatable bonds is 3. The van der Waals surface area contributed by atoms with E-state index in [1.54, 1.807) is 12.1 Å². The van der Waals surface area contributed by atoms with E-state index < -0.39 is 24.3 Å². The van der Waals surface area contributed by atoms with Crippen LogP contribution >= 0.6 is 34.8 Å². The number of nitrogens with zero attached hydrogens (tertiary/aromatic N) is 1. The molecule has 3 amide bonds. The molecule has 0 aromatic heterocycles. The molecule has 0 radical (unpaired) electrons. The third kappa shape index (κ3) is 2.98. The third-order valence-corrected chi connectivity index (χ3v) is 4.33. The zero-order valence-electron chi connectivity index (χ0n) is 12.0. The predicted molar refractivity (Wildman–Crippen MR) is 91.9 cm³/mol. The van der Waals surface area contributed by atoms with Gasteiger partial charge in [0.1, 0.15) is 6.54 Å². The van der Waals surface area contributed by atoms with Gasteiger partial charge in [0, 0.05) is 5.02 Å². The summed E-state index contributed by atoms with van der Waals surface area (Å²) in [4.78, 5) is 37.6. The molecule has 0 aliphatic carbocycles. The van der Waals surface area contributed by atoms with Crippen LogP contribution in [0.3, 0.4) is 0 Å². The van der Waals surface area contributed by atoms with E-state index in [-0.39, 0.29) is 21.2 Å². The molecule has 0 saturated carbocycles. The Morgan fingerprint density at radius 2 is 1.75 bits per heavy atom. The summed E-state index contributed by atoms with van der Waals surface area (Å²) >= 11 is 17.8. The van der Waals surface area contributed by atoms with Gasteiger partial charge in [0.15, 0.2) is 0 Å². The number of imide groups is 1. The summed E-state index contributed by atoms with van der Waals surface area (Å²) in [6, 6.07) is 9.16. The van der Waals surface area contributed by atoms with Crippen LogP contribution in [-0.2, 0) is 4.79 Å². The molecule has 0 fully saturated rings. The first-order valence-corrected chi connectivity index (χ1v) is 7.91. The summed E-state index contributed by atoms with van der Waals surface area (Å²) in [5, 5.41) is 3.38. The Kier molecular flexibility index (Phi) is 4.49. The first-order valence-electron chi connectivity index (χ1n) is 6.78. The summed E-state index contributed by atoms with van der Waals surface area (Å²) in [5.41, 5.74) is 0.586. The van der Waals surface area contributed by atoms with Crippen LogP contribution in [-0.4, -0.2) is 29.2 Å². The van der Waals surface area contributed by atoms with Crippen LogP contribution in [0.4, 0.5) is 5.69 Å². The largest absolute Gasteiger partial charge is 0.323 e. The fraction of sp³-hybridized carbons (Fsp3) is 0.0625. The van der Waals surface area contributed by atoms with E-state index >= 15 is 0 Å². The molecule has 5 nitrogen and oxygen atoms in total. The second-order valence-electron chi connectivity index (χ2n) is 5.03. The SMILES string of the molecule is O=C(CN1C(=O)c2cccc(Cl)c2C1=O)Nc1cc(Cl)ccc1Cl. The second-order valence-corrected chi connectivity index (χ2v) is 6.28. The van der Waals surface area contributed by atoms with Gasteiger partial charge in [-0.15, -0.1) is 0 Å². The fourth-order valence-corrected chi connectivity index (χ4v) is 2.95. The lowest BCUT2D eigenvalue weighted by Gasteiger charge is -2.14. The lowest BCUT2D eigenvalue weighted by atomic mass is 10.1. The number of anilines is 1. The highest BCUT2D eigenvalue weighted by atomic mass is 35.5. The van der Waals surface area contributed by atoms with Crippen LogP contribution in [0.5, 0.6) is 0 Å². The van der Waals surface area contributed by atoms with Gasteiger partial charge in [0.05, 0.1) is 26.9 Å². The number of carbonyl (C=O) groups excluding carboxylic acids is 3. The maximum absolute atomic E-state index is 12.3. The second kappa shape index (κ2) is 6.43. The van der Waals surface area contributed by atoms with Gasteiger partial charge in [0.2, 0.25) is 5.91 Å². The van der Waals surface area contributed by atoms with Crippen molar-refractivity contribution in [2.45, 2.75) is 0 Å². The molecule has 0 bridgehead atoms. The van der Waals surface area contributed by atoms with E-state index in [2.05, 4.69) is 5.32 Å². The average Bonchev–Trinajstić information content (AvgIpc) is 2.77. The lowest BCUT2D eigenvalue weighted by molar-refractivity contribution is -0.116. The topological polar surface area (TPSA) is 66.5 Å². The highest BCUT2D eigenvalue weighted by Gasteiger charge is 2.38. The number of carbonyl (C=O) groups is 3. The van der Waals surface area contributed by atoms with Gasteiger partial charge in [0.25, 0.3) is 11.8 Å². The molecule has 1 aliphatic heterocycles. The van der Waals surface area contributed by atoms with Gasteiger partial charge in [-0.05, 0) is 30.3 Å². The highest BCUT2D eigenvalue weighted by molar-refractivity contribution is 6.37. The van der Waals surface area contributed by atoms with Crippen LogP contribution in [0.1, 0.15) is 20.7 Å². The number of hydrogen-bond donors (Lipinski definition) is 1. The van der Waals surface area contributed by atoms with Crippen molar-refractivity contribution in [2.24, 2.45) is 0 Å². The summed E-state index contributed by atoms with van der Waals surface area (Å²) in [6.45, 7) is -0.453. The molecule has 3 rings (SSSR count). The Morgan fingerprint density at radius 1 is 1.00 bits per heavy atom. The smallest absolute Gasteiger partial charge is 0.263 e. The monoisotopic (exact) mass is 382 g/mol. The summed E-state index contributed by atoms with van der Waals surface area (Å²) in [7, 11) is 0. The van der Waals surface area contributed by atoms with Crippen molar-refractivity contribution in [3.8, 4) is 0 Å². The first kappa shape index (κ1) is 16.8. The minimum absolute atomic E-state index is 0.109. The zero-order chi connectivity index (χ0) is 17.4. The van der Waals surface area contributed by atoms with Gasteiger partial charge >= 0.3 is 0 Å². The molecule has 24 heavy (non-hydrogen) atoms. The number of amides is 3. The van der Waals surface area contributed by atoms with E-state index in [0.29, 0.717) is 10.7 Å². The molecule has 122 valence electrons. The average molecular weight is 384 g/mol. The Bertz CT molecular complexity index is 883. The Morgan fingerprint density at radius 3 is 2.46 bits per heavy atom. The molecular formula is C16H9Cl3N2O3. The molecule has 0 atom stereocenters. The number of benzene rings is 2. The molecular weight excluding hydrogens is 375 g/mol. The zero-order valence-corrected chi connectivity index (χ0v) is 14.2. The molecule has 8 heteroatoms. The van der Waals surface area contributed by atoms with E-state index in [9.17, 15) is 14.4 Å². The van der Waals surface area contributed by atoms with Crippen molar-refractivity contribution in [1.82, 2.24) is 4.90 Å². The van der Waals surface area contributed by atoms with E-state index in [1.165, 1.54) is 24.3 Å². The number of nitrogens with one attached hydrogen (secondary N) is 1. The Balaban J connectivity index is 1.79. The molecule has 2 aromatic rings. The molecule has 0 unspecified atom stereocenters. The highest BCUT2D eigenvalue weighted by Crippen LogP contribution is 2.29. The maximum Gasteiger partial charge on any atom is 0.263 e. The molecule has 2 aromatic carbocycles. The number of fused-ring (bicyclic) bond motifs is 1. The van der Waals surface area contributed by atoms with Crippen molar-refractivity contribution < 1.29 is 14.4 Å².